The smallest absolute Gasteiger partial charge is 0.274 e. The monoisotopic (exact) mass is 884 g/mol. The fourth-order valence-electron chi connectivity index (χ4n) is 9.22. The lowest BCUT2D eigenvalue weighted by Crippen LogP contribution is -2.50. The van der Waals surface area contributed by atoms with E-state index in [0.29, 0.717) is 40.3 Å². The van der Waals surface area contributed by atoms with Crippen LogP contribution in [0.3, 0.4) is 0 Å². The Hall–Kier alpha value is -5.17. The molecule has 2 aliphatic carbocycles. The molecular formula is C49H53ClN8O2S2. The molecule has 2 saturated heterocycles. The number of carbonyl (C=O) groups is 2. The molecule has 0 radical (unpaired) electrons. The molecule has 2 atom stereocenters. The summed E-state index contributed by atoms with van der Waals surface area (Å²) in [5.41, 5.74) is 5.15. The highest BCUT2D eigenvalue weighted by molar-refractivity contribution is 7.15. The predicted octanol–water partition coefficient (Wildman–Crippen LogP) is 11.0. The second kappa shape index (κ2) is 17.9. The number of rotatable bonds is 10. The average Bonchev–Trinajstić information content (AvgIpc) is 4.14. The van der Waals surface area contributed by atoms with Gasteiger partial charge in [0.15, 0.2) is 0 Å². The number of piperidine rings is 2. The number of hydrogen-bond acceptors (Lipinski definition) is 10. The molecule has 2 saturated carbocycles. The maximum Gasteiger partial charge on any atom is 0.274 e. The van der Waals surface area contributed by atoms with Crippen LogP contribution >= 0.6 is 34.3 Å². The standard InChI is InChI=1S/C25H28N4OS.C24H25ClN4OS/c1-17-7-6-10-21(27-17)26-16-20-15-25(11-12-25)13-14-29(20)24(30)22-23(31-18(2)28-22)19-8-4-3-5-9-19;1-16-28-21(22(31-16)17-5-3-2-4-6-17)23(30)29-12-11-24(9-10-24)13-19(29)15-27-20-8-7-18(25)14-26-20/h3-10,20H,11-16H2,1-2H3,(H,26,27);2-8,14,19H,9-13,15H2,1H3,(H,26,27). The number of nitrogens with one attached hydrogen (secondary N) is 2. The van der Waals surface area contributed by atoms with Crippen molar-refractivity contribution >= 4 is 57.7 Å². The lowest BCUT2D eigenvalue weighted by molar-refractivity contribution is 0.0533. The fourth-order valence-corrected chi connectivity index (χ4v) is 11.2. The van der Waals surface area contributed by atoms with Crippen LogP contribution < -0.4 is 10.6 Å². The Morgan fingerprint density at radius 3 is 1.58 bits per heavy atom. The van der Waals surface area contributed by atoms with Gasteiger partial charge in [-0.3, -0.25) is 9.59 Å². The Bertz CT molecular complexity index is 2520. The number of benzene rings is 2. The van der Waals surface area contributed by atoms with Gasteiger partial charge in [0.1, 0.15) is 23.0 Å². The van der Waals surface area contributed by atoms with Crippen LogP contribution in [0, 0.1) is 31.6 Å². The SMILES string of the molecule is Cc1cccc(NCC2CC3(CCN2C(=O)c2nc(C)sc2-c2ccccc2)CC3)n1.Cc1nc(C(=O)N2CCC3(CC3)CC2CNc2ccc(Cl)cn2)c(-c2ccccc2)s1. The van der Waals surface area contributed by atoms with E-state index in [1.807, 2.05) is 105 Å². The third-order valence-electron chi connectivity index (χ3n) is 13.0. The van der Waals surface area contributed by atoms with E-state index in [9.17, 15) is 9.59 Å². The number of thiazole rings is 2. The quantitative estimate of drug-likeness (QED) is 0.140. The predicted molar refractivity (Wildman–Crippen MR) is 251 cm³/mol. The molecule has 4 aromatic heterocycles. The maximum atomic E-state index is 13.7. The zero-order valence-corrected chi connectivity index (χ0v) is 38.0. The van der Waals surface area contributed by atoms with Gasteiger partial charge >= 0.3 is 0 Å². The van der Waals surface area contributed by atoms with Crippen molar-refractivity contribution in [3.63, 3.8) is 0 Å². The van der Waals surface area contributed by atoms with Crippen LogP contribution in [0.2, 0.25) is 5.02 Å². The first-order valence-electron chi connectivity index (χ1n) is 21.8. The molecule has 4 fully saturated rings. The highest BCUT2D eigenvalue weighted by atomic mass is 35.5. The molecule has 6 heterocycles. The Labute approximate surface area is 377 Å². The van der Waals surface area contributed by atoms with Crippen LogP contribution in [-0.2, 0) is 0 Å². The van der Waals surface area contributed by atoms with Crippen LogP contribution in [0.15, 0.2) is 97.2 Å². The van der Waals surface area contributed by atoms with Gasteiger partial charge < -0.3 is 20.4 Å². The van der Waals surface area contributed by atoms with Crippen molar-refractivity contribution in [1.29, 1.82) is 0 Å². The molecule has 6 aromatic rings. The molecule has 10 rings (SSSR count). The third kappa shape index (κ3) is 9.57. The third-order valence-corrected chi connectivity index (χ3v) is 15.3. The van der Waals surface area contributed by atoms with E-state index in [1.165, 1.54) is 25.7 Å². The van der Waals surface area contributed by atoms with Gasteiger partial charge in [-0.25, -0.2) is 19.9 Å². The average molecular weight is 886 g/mol. The highest BCUT2D eigenvalue weighted by Crippen LogP contribution is 2.56. The number of aromatic nitrogens is 4. The first kappa shape index (κ1) is 42.1. The number of carbonyl (C=O) groups excluding carboxylic acids is 2. The molecular weight excluding hydrogens is 832 g/mol. The number of hydrogen-bond donors (Lipinski definition) is 2. The Morgan fingerprint density at radius 2 is 1.13 bits per heavy atom. The number of amides is 2. The van der Waals surface area contributed by atoms with Crippen molar-refractivity contribution in [2.24, 2.45) is 10.8 Å². The van der Waals surface area contributed by atoms with Gasteiger partial charge in [-0.1, -0.05) is 78.3 Å². The molecule has 62 heavy (non-hydrogen) atoms. The van der Waals surface area contributed by atoms with Crippen molar-refractivity contribution in [1.82, 2.24) is 29.7 Å². The van der Waals surface area contributed by atoms with Gasteiger partial charge in [0, 0.05) is 50.2 Å². The molecule has 0 bridgehead atoms. The number of likely N-dealkylation sites (tertiary alicyclic amines) is 2. The minimum atomic E-state index is 0.0366. The highest BCUT2D eigenvalue weighted by Gasteiger charge is 2.50. The minimum absolute atomic E-state index is 0.0366. The first-order valence-corrected chi connectivity index (χ1v) is 23.8. The van der Waals surface area contributed by atoms with Crippen molar-refractivity contribution in [2.45, 2.75) is 84.2 Å². The van der Waals surface area contributed by atoms with E-state index in [0.717, 1.165) is 87.0 Å². The summed E-state index contributed by atoms with van der Waals surface area (Å²) < 4.78 is 0. The fraction of sp³-hybridized carbons (Fsp3) is 0.388. The Kier molecular flexibility index (Phi) is 12.2. The second-order valence-corrected chi connectivity index (χ2v) is 20.4. The molecule has 2 aromatic carbocycles. The van der Waals surface area contributed by atoms with Gasteiger partial charge in [0.05, 0.1) is 24.8 Å². The summed E-state index contributed by atoms with van der Waals surface area (Å²) in [5.74, 6) is 1.75. The summed E-state index contributed by atoms with van der Waals surface area (Å²) in [7, 11) is 0. The largest absolute Gasteiger partial charge is 0.368 e. The van der Waals surface area contributed by atoms with E-state index >= 15 is 0 Å². The molecule has 2 amide bonds. The van der Waals surface area contributed by atoms with Crippen LogP contribution in [0.5, 0.6) is 0 Å². The van der Waals surface area contributed by atoms with Gasteiger partial charge in [-0.05, 0) is 118 Å². The van der Waals surface area contributed by atoms with Gasteiger partial charge in [-0.15, -0.1) is 22.7 Å². The lowest BCUT2D eigenvalue weighted by atomic mass is 9.87. The summed E-state index contributed by atoms with van der Waals surface area (Å²) >= 11 is 9.15. The zero-order chi connectivity index (χ0) is 42.8. The summed E-state index contributed by atoms with van der Waals surface area (Å²) in [6.07, 6.45) is 11.0. The number of nitrogens with zero attached hydrogens (tertiary/aromatic N) is 6. The van der Waals surface area contributed by atoms with Crippen LogP contribution in [0.1, 0.15) is 88.1 Å². The Morgan fingerprint density at radius 1 is 0.629 bits per heavy atom. The van der Waals surface area contributed by atoms with Gasteiger partial charge in [0.2, 0.25) is 0 Å². The molecule has 4 aliphatic rings. The van der Waals surface area contributed by atoms with Crippen LogP contribution in [0.4, 0.5) is 11.6 Å². The normalized spacial score (nSPS) is 19.4. The molecule has 2 spiro atoms. The number of pyridine rings is 2. The molecule has 2 aliphatic heterocycles. The molecule has 13 heteroatoms. The second-order valence-electron chi connectivity index (χ2n) is 17.6. The summed E-state index contributed by atoms with van der Waals surface area (Å²) in [4.78, 5) is 51.7. The summed E-state index contributed by atoms with van der Waals surface area (Å²) in [5, 5.41) is 9.36. The van der Waals surface area contributed by atoms with E-state index in [4.69, 9.17) is 11.6 Å². The van der Waals surface area contributed by atoms with Crippen molar-refractivity contribution in [3.8, 4) is 20.9 Å². The van der Waals surface area contributed by atoms with Gasteiger partial charge in [0.25, 0.3) is 11.8 Å². The minimum Gasteiger partial charge on any atom is -0.368 e. The molecule has 2 unspecified atom stereocenters. The van der Waals surface area contributed by atoms with Crippen molar-refractivity contribution < 1.29 is 9.59 Å². The molecule has 2 N–H and O–H groups in total. The number of aryl methyl sites for hydroxylation is 3. The molecule has 320 valence electrons. The number of halogens is 1. The van der Waals surface area contributed by atoms with Crippen molar-refractivity contribution in [3.05, 3.63) is 129 Å². The maximum absolute atomic E-state index is 13.7. The van der Waals surface area contributed by atoms with E-state index in [2.05, 4.69) is 47.6 Å². The number of anilines is 2. The molecule has 10 nitrogen and oxygen atoms in total. The lowest BCUT2D eigenvalue weighted by Gasteiger charge is -2.40. The van der Waals surface area contributed by atoms with E-state index < -0.39 is 0 Å². The topological polar surface area (TPSA) is 116 Å². The summed E-state index contributed by atoms with van der Waals surface area (Å²) in [6.45, 7) is 8.91. The van der Waals surface area contributed by atoms with Crippen LogP contribution in [-0.4, -0.2) is 79.8 Å². The zero-order valence-electron chi connectivity index (χ0n) is 35.6. The first-order chi connectivity index (χ1) is 30.1. The Balaban J connectivity index is 0.000000158. The summed E-state index contributed by atoms with van der Waals surface area (Å²) in [6, 6.07) is 30.2. The van der Waals surface area contributed by atoms with E-state index in [1.54, 1.807) is 28.9 Å². The van der Waals surface area contributed by atoms with Gasteiger partial charge in [-0.2, -0.15) is 0 Å². The van der Waals surface area contributed by atoms with E-state index in [-0.39, 0.29) is 23.9 Å². The van der Waals surface area contributed by atoms with Crippen LogP contribution in [0.25, 0.3) is 20.9 Å². The van der Waals surface area contributed by atoms with Crippen molar-refractivity contribution in [2.75, 3.05) is 36.8 Å².